The van der Waals surface area contributed by atoms with Crippen molar-refractivity contribution in [2.75, 3.05) is 16.8 Å². The zero-order valence-electron chi connectivity index (χ0n) is 21.7. The molecule has 0 aromatic carbocycles. The van der Waals surface area contributed by atoms with Gasteiger partial charge in [-0.15, -0.1) is 0 Å². The Bertz CT molecular complexity index is 1790. The molecule has 17 heteroatoms. The van der Waals surface area contributed by atoms with E-state index in [1.165, 1.54) is 49.5 Å². The Labute approximate surface area is 228 Å². The number of carbonyl (C=O) groups is 1. The molecule has 4 aromatic heterocycles. The quantitative estimate of drug-likeness (QED) is 0.358. The number of halogens is 3. The third-order valence-electron chi connectivity index (χ3n) is 6.77. The number of hydrogen-bond acceptors (Lipinski definition) is 10. The number of hydrogen-bond donors (Lipinski definition) is 1. The molecule has 1 aliphatic rings. The Morgan fingerprint density at radius 1 is 1.22 bits per heavy atom. The minimum Gasteiger partial charge on any atom is -0.329 e. The molecule has 212 valence electrons. The van der Waals surface area contributed by atoms with Gasteiger partial charge in [0.15, 0.2) is 17.0 Å². The van der Waals surface area contributed by atoms with E-state index in [1.54, 1.807) is 6.07 Å². The molecular weight excluding hydrogens is 547 g/mol. The van der Waals surface area contributed by atoms with Gasteiger partial charge in [-0.25, -0.2) is 34.3 Å². The number of aromatic nitrogens is 8. The second-order valence-corrected chi connectivity index (χ2v) is 9.31. The maximum atomic E-state index is 13.3. The van der Waals surface area contributed by atoms with Gasteiger partial charge in [0.25, 0.3) is 5.56 Å². The lowest BCUT2D eigenvalue weighted by Crippen LogP contribution is -2.42. The molecule has 0 bridgehead atoms. The molecule has 0 radical (unpaired) electrons. The first-order valence-corrected chi connectivity index (χ1v) is 12.3. The highest BCUT2D eigenvalue weighted by Gasteiger charge is 2.46. The molecule has 0 saturated carbocycles. The van der Waals surface area contributed by atoms with Crippen LogP contribution in [-0.4, -0.2) is 63.3 Å². The van der Waals surface area contributed by atoms with Crippen LogP contribution in [-0.2, 0) is 18.4 Å². The van der Waals surface area contributed by atoms with E-state index >= 15 is 0 Å². The fourth-order valence-electron chi connectivity index (χ4n) is 4.65. The van der Waals surface area contributed by atoms with Crippen LogP contribution in [0.3, 0.4) is 0 Å². The molecule has 0 spiro atoms. The summed E-state index contributed by atoms with van der Waals surface area (Å²) in [5, 5.41) is 11.6. The highest BCUT2D eigenvalue weighted by atomic mass is 19.4. The second kappa shape index (κ2) is 10.4. The van der Waals surface area contributed by atoms with Crippen molar-refractivity contribution in [2.45, 2.75) is 44.6 Å². The third kappa shape index (κ3) is 4.99. The van der Waals surface area contributed by atoms with Crippen LogP contribution in [0.5, 0.6) is 0 Å². The Morgan fingerprint density at radius 3 is 2.63 bits per heavy atom. The fourth-order valence-corrected chi connectivity index (χ4v) is 4.65. The predicted octanol–water partition coefficient (Wildman–Crippen LogP) is 1.40. The molecule has 1 unspecified atom stereocenters. The van der Waals surface area contributed by atoms with Crippen molar-refractivity contribution in [3.63, 3.8) is 0 Å². The molecule has 0 aliphatic carbocycles. The molecule has 1 amide bonds. The molecular formula is C24H22F3N11O3. The molecule has 14 nitrogen and oxygen atoms in total. The Kier molecular flexibility index (Phi) is 6.99. The summed E-state index contributed by atoms with van der Waals surface area (Å²) in [7, 11) is 1.40. The lowest BCUT2D eigenvalue weighted by Gasteiger charge is -2.26. The number of rotatable bonds is 6. The zero-order chi connectivity index (χ0) is 29.5. The van der Waals surface area contributed by atoms with Gasteiger partial charge < -0.3 is 14.8 Å². The summed E-state index contributed by atoms with van der Waals surface area (Å²) >= 11 is 0. The molecule has 5 heterocycles. The van der Waals surface area contributed by atoms with Crippen molar-refractivity contribution in [1.82, 2.24) is 38.6 Å². The van der Waals surface area contributed by atoms with Crippen LogP contribution in [0, 0.1) is 11.3 Å². The summed E-state index contributed by atoms with van der Waals surface area (Å²) in [6.45, 7) is 1.23. The summed E-state index contributed by atoms with van der Waals surface area (Å²) in [5.74, 6) is -0.400. The predicted molar refractivity (Wildman–Crippen MR) is 138 cm³/mol. The maximum absolute atomic E-state index is 13.3. The van der Waals surface area contributed by atoms with E-state index in [0.717, 1.165) is 14.0 Å². The fraction of sp³-hybridized carbons (Fsp3) is 0.375. The maximum Gasteiger partial charge on any atom is 0.408 e. The first-order chi connectivity index (χ1) is 19.5. The van der Waals surface area contributed by atoms with E-state index in [2.05, 4.69) is 30.2 Å². The standard InChI is InChI=1S/C24H22F3N11O3/c1-13(38-12-32-19-17(38)21(40)37(9-6-28)23(41)35(19)2)20(39)34-16-5-7-29-18(33-16)14-10-30-22(31-11-14)36-8-3-4-15(36)24(25,26)27/h5,7,10-13,15H,3-4,8-9H2,1-2H3,(H,29,33,34,39)/t13?,15-/m0/s1. The number of amides is 1. The molecule has 1 fully saturated rings. The van der Waals surface area contributed by atoms with Crippen molar-refractivity contribution in [2.24, 2.45) is 7.05 Å². The minimum atomic E-state index is -4.39. The largest absolute Gasteiger partial charge is 0.408 e. The monoisotopic (exact) mass is 569 g/mol. The molecule has 1 saturated heterocycles. The van der Waals surface area contributed by atoms with Crippen molar-refractivity contribution in [3.05, 3.63) is 51.8 Å². The van der Waals surface area contributed by atoms with Gasteiger partial charge in [-0.3, -0.25) is 14.2 Å². The SMILES string of the molecule is CC(C(=O)Nc1ccnc(-c2cnc(N3CCC[C@H]3C(F)(F)F)nc2)n1)n1cnc2c1c(=O)n(CC#N)c(=O)n2C. The number of nitrogens with one attached hydrogen (secondary N) is 1. The number of nitrogens with zero attached hydrogens (tertiary/aromatic N) is 10. The summed E-state index contributed by atoms with van der Waals surface area (Å²) in [6, 6.07) is 0.571. The average Bonchev–Trinajstić information content (AvgIpc) is 3.62. The number of imidazole rings is 1. The summed E-state index contributed by atoms with van der Waals surface area (Å²) in [4.78, 5) is 60.3. The molecule has 5 rings (SSSR count). The van der Waals surface area contributed by atoms with Gasteiger partial charge in [0, 0.05) is 32.2 Å². The van der Waals surface area contributed by atoms with Gasteiger partial charge in [-0.05, 0) is 25.8 Å². The topological polar surface area (TPSA) is 170 Å². The van der Waals surface area contributed by atoms with Crippen LogP contribution in [0.25, 0.3) is 22.6 Å². The molecule has 4 aromatic rings. The number of aryl methyl sites for hydroxylation is 1. The number of nitriles is 1. The molecule has 41 heavy (non-hydrogen) atoms. The zero-order valence-corrected chi connectivity index (χ0v) is 21.7. The number of anilines is 2. The summed E-state index contributed by atoms with van der Waals surface area (Å²) < 4.78 is 43.1. The van der Waals surface area contributed by atoms with Crippen LogP contribution in [0.4, 0.5) is 24.9 Å². The van der Waals surface area contributed by atoms with Gasteiger partial charge in [0.1, 0.15) is 24.4 Å². The van der Waals surface area contributed by atoms with Gasteiger partial charge in [-0.2, -0.15) is 18.4 Å². The Balaban J connectivity index is 1.37. The van der Waals surface area contributed by atoms with E-state index < -0.39 is 42.0 Å². The van der Waals surface area contributed by atoms with Gasteiger partial charge >= 0.3 is 11.9 Å². The van der Waals surface area contributed by atoms with Crippen LogP contribution < -0.4 is 21.5 Å². The lowest BCUT2D eigenvalue weighted by atomic mass is 10.2. The number of fused-ring (bicyclic) bond motifs is 1. The highest BCUT2D eigenvalue weighted by molar-refractivity contribution is 5.93. The van der Waals surface area contributed by atoms with Crippen LogP contribution >= 0.6 is 0 Å². The molecule has 1 aliphatic heterocycles. The van der Waals surface area contributed by atoms with E-state index in [0.29, 0.717) is 12.0 Å². The van der Waals surface area contributed by atoms with Gasteiger partial charge in [0.05, 0.1) is 18.0 Å². The first kappa shape index (κ1) is 27.4. The Morgan fingerprint density at radius 2 is 1.95 bits per heavy atom. The van der Waals surface area contributed by atoms with E-state index in [4.69, 9.17) is 5.26 Å². The highest BCUT2D eigenvalue weighted by Crippen LogP contribution is 2.34. The lowest BCUT2D eigenvalue weighted by molar-refractivity contribution is -0.146. The van der Waals surface area contributed by atoms with Crippen LogP contribution in [0.1, 0.15) is 25.8 Å². The Hall–Kier alpha value is -5.14. The van der Waals surface area contributed by atoms with Crippen LogP contribution in [0.2, 0.25) is 0 Å². The van der Waals surface area contributed by atoms with Crippen molar-refractivity contribution in [1.29, 1.82) is 5.26 Å². The van der Waals surface area contributed by atoms with E-state index in [-0.39, 0.29) is 41.7 Å². The minimum absolute atomic E-state index is 0.0269. The van der Waals surface area contributed by atoms with Crippen LogP contribution in [0.15, 0.2) is 40.6 Å². The van der Waals surface area contributed by atoms with Crippen molar-refractivity contribution in [3.8, 4) is 17.5 Å². The van der Waals surface area contributed by atoms with E-state index in [9.17, 15) is 27.6 Å². The van der Waals surface area contributed by atoms with Gasteiger partial charge in [-0.1, -0.05) is 0 Å². The van der Waals surface area contributed by atoms with Gasteiger partial charge in [0.2, 0.25) is 11.9 Å². The summed E-state index contributed by atoms with van der Waals surface area (Å²) in [6.07, 6.45) is 1.21. The molecule has 2 atom stereocenters. The third-order valence-corrected chi connectivity index (χ3v) is 6.77. The van der Waals surface area contributed by atoms with E-state index in [1.807, 2.05) is 0 Å². The average molecular weight is 570 g/mol. The van der Waals surface area contributed by atoms with Crippen molar-refractivity contribution < 1.29 is 18.0 Å². The normalized spacial score (nSPS) is 16.1. The smallest absolute Gasteiger partial charge is 0.329 e. The second-order valence-electron chi connectivity index (χ2n) is 9.31. The number of alkyl halides is 3. The molecule has 1 N–H and O–H groups in total. The number of carbonyl (C=O) groups excluding carboxylic acids is 1. The summed E-state index contributed by atoms with van der Waals surface area (Å²) in [5.41, 5.74) is -1.13. The van der Waals surface area contributed by atoms with Crippen molar-refractivity contribution >= 4 is 28.8 Å². The first-order valence-electron chi connectivity index (χ1n) is 12.3.